The number of rotatable bonds is 3. The van der Waals surface area contributed by atoms with E-state index in [0.29, 0.717) is 17.6 Å². The maximum atomic E-state index is 5.19. The summed E-state index contributed by atoms with van der Waals surface area (Å²) in [5.41, 5.74) is 11.4. The molecular formula is C46H28N4S. The fourth-order valence-corrected chi connectivity index (χ4v) is 9.71. The second-order valence-electron chi connectivity index (χ2n) is 13.1. The monoisotopic (exact) mass is 668 g/mol. The van der Waals surface area contributed by atoms with Crippen molar-refractivity contribution >= 4 is 33.6 Å². The average molecular weight is 669 g/mol. The largest absolute Gasteiger partial charge is 0.278 e. The molecule has 0 unspecified atom stereocenters. The van der Waals surface area contributed by atoms with E-state index in [0.717, 1.165) is 22.2 Å². The van der Waals surface area contributed by atoms with Gasteiger partial charge in [0.05, 0.1) is 16.4 Å². The van der Waals surface area contributed by atoms with Crippen LogP contribution >= 0.6 is 11.8 Å². The predicted octanol–water partition coefficient (Wildman–Crippen LogP) is 11.1. The van der Waals surface area contributed by atoms with Crippen LogP contribution in [0.3, 0.4) is 0 Å². The van der Waals surface area contributed by atoms with Crippen LogP contribution in [0.4, 0.5) is 0 Å². The van der Waals surface area contributed by atoms with Gasteiger partial charge in [-0.25, -0.2) is 4.98 Å². The Labute approximate surface area is 299 Å². The summed E-state index contributed by atoms with van der Waals surface area (Å²) in [7, 11) is 0. The third kappa shape index (κ3) is 3.95. The lowest BCUT2D eigenvalue weighted by molar-refractivity contribution is 0.723. The van der Waals surface area contributed by atoms with Gasteiger partial charge in [-0.3, -0.25) is 4.57 Å². The van der Waals surface area contributed by atoms with Crippen molar-refractivity contribution in [1.82, 2.24) is 19.5 Å². The van der Waals surface area contributed by atoms with E-state index in [9.17, 15) is 0 Å². The lowest BCUT2D eigenvalue weighted by Gasteiger charge is -2.39. The van der Waals surface area contributed by atoms with E-state index in [2.05, 4.69) is 138 Å². The van der Waals surface area contributed by atoms with Crippen LogP contribution < -0.4 is 0 Å². The molecule has 2 aromatic heterocycles. The first-order valence-corrected chi connectivity index (χ1v) is 18.0. The summed E-state index contributed by atoms with van der Waals surface area (Å²) in [6.45, 7) is 0. The maximum Gasteiger partial charge on any atom is 0.238 e. The highest BCUT2D eigenvalue weighted by atomic mass is 32.2. The highest BCUT2D eigenvalue weighted by Gasteiger charge is 2.50. The highest BCUT2D eigenvalue weighted by molar-refractivity contribution is 7.99. The molecule has 51 heavy (non-hydrogen) atoms. The number of fused-ring (bicyclic) bond motifs is 13. The normalized spacial score (nSPS) is 13.6. The first kappa shape index (κ1) is 28.5. The molecule has 3 heterocycles. The molecule has 5 heteroatoms. The van der Waals surface area contributed by atoms with Gasteiger partial charge in [0.25, 0.3) is 0 Å². The third-order valence-corrected chi connectivity index (χ3v) is 11.7. The second kappa shape index (κ2) is 10.8. The van der Waals surface area contributed by atoms with Gasteiger partial charge in [0, 0.05) is 31.7 Å². The molecule has 0 N–H and O–H groups in total. The van der Waals surface area contributed by atoms with Crippen LogP contribution in [-0.4, -0.2) is 19.5 Å². The molecule has 9 aromatic rings. The first-order chi connectivity index (χ1) is 25.3. The molecule has 0 radical (unpaired) electrons. The molecule has 0 bridgehead atoms. The van der Waals surface area contributed by atoms with E-state index >= 15 is 0 Å². The van der Waals surface area contributed by atoms with E-state index in [-0.39, 0.29) is 0 Å². The van der Waals surface area contributed by atoms with Gasteiger partial charge in [0.2, 0.25) is 5.95 Å². The summed E-state index contributed by atoms with van der Waals surface area (Å²) in [5, 5.41) is 2.38. The number of hydrogen-bond donors (Lipinski definition) is 0. The van der Waals surface area contributed by atoms with E-state index in [4.69, 9.17) is 15.0 Å². The Bertz CT molecular complexity index is 2740. The number of benzene rings is 7. The fraction of sp³-hybridized carbons (Fsp3) is 0.0217. The van der Waals surface area contributed by atoms with Crippen LogP contribution in [0.5, 0.6) is 0 Å². The molecule has 1 aliphatic carbocycles. The van der Waals surface area contributed by atoms with Crippen molar-refractivity contribution in [2.75, 3.05) is 0 Å². The van der Waals surface area contributed by atoms with Crippen molar-refractivity contribution in [3.8, 4) is 39.9 Å². The van der Waals surface area contributed by atoms with Crippen molar-refractivity contribution < 1.29 is 0 Å². The minimum absolute atomic E-state index is 0.449. The highest BCUT2D eigenvalue weighted by Crippen LogP contribution is 2.63. The van der Waals surface area contributed by atoms with E-state index in [1.165, 1.54) is 53.9 Å². The molecule has 238 valence electrons. The van der Waals surface area contributed by atoms with Crippen molar-refractivity contribution in [3.05, 3.63) is 192 Å². The molecule has 0 fully saturated rings. The lowest BCUT2D eigenvalue weighted by atomic mass is 9.67. The Morgan fingerprint density at radius 2 is 0.980 bits per heavy atom. The smallest absolute Gasteiger partial charge is 0.238 e. The average Bonchev–Trinajstić information content (AvgIpc) is 3.69. The number of hydrogen-bond acceptors (Lipinski definition) is 4. The Hall–Kier alpha value is -6.30. The summed E-state index contributed by atoms with van der Waals surface area (Å²) in [6, 6.07) is 60.7. The SMILES string of the molecule is c1ccc(-c2nc(-c3ccccc3)nc(-n3c4ccccc4c4c5c(ccc43)C3(c4ccccc4Sc4ccccc43)c3ccccc3-5)n2)cc1. The zero-order valence-corrected chi connectivity index (χ0v) is 28.2. The first-order valence-electron chi connectivity index (χ1n) is 17.2. The van der Waals surface area contributed by atoms with Gasteiger partial charge in [-0.15, -0.1) is 0 Å². The summed E-state index contributed by atoms with van der Waals surface area (Å²) in [5.74, 6) is 1.88. The minimum Gasteiger partial charge on any atom is -0.278 e. The van der Waals surface area contributed by atoms with Crippen LogP contribution in [0.2, 0.25) is 0 Å². The van der Waals surface area contributed by atoms with Crippen molar-refractivity contribution in [3.63, 3.8) is 0 Å². The summed E-state index contributed by atoms with van der Waals surface area (Å²) >= 11 is 1.87. The lowest BCUT2D eigenvalue weighted by Crippen LogP contribution is -2.31. The Kier molecular flexibility index (Phi) is 6.07. The number of aromatic nitrogens is 4. The van der Waals surface area contributed by atoms with Crippen LogP contribution in [0.1, 0.15) is 22.3 Å². The summed E-state index contributed by atoms with van der Waals surface area (Å²) in [4.78, 5) is 18.0. The van der Waals surface area contributed by atoms with Gasteiger partial charge >= 0.3 is 0 Å². The topological polar surface area (TPSA) is 43.6 Å². The van der Waals surface area contributed by atoms with Gasteiger partial charge in [-0.2, -0.15) is 9.97 Å². The molecule has 7 aromatic carbocycles. The summed E-state index contributed by atoms with van der Waals surface area (Å²) in [6.07, 6.45) is 0. The summed E-state index contributed by atoms with van der Waals surface area (Å²) < 4.78 is 2.23. The molecule has 11 rings (SSSR count). The van der Waals surface area contributed by atoms with Crippen LogP contribution in [0.15, 0.2) is 180 Å². The molecule has 0 saturated carbocycles. The van der Waals surface area contributed by atoms with E-state index in [1.807, 2.05) is 48.2 Å². The Morgan fingerprint density at radius 3 is 1.65 bits per heavy atom. The Morgan fingerprint density at radius 1 is 0.431 bits per heavy atom. The van der Waals surface area contributed by atoms with E-state index in [1.54, 1.807) is 0 Å². The standard InChI is InChI=1S/C46H28N4S/c1-3-15-29(16-4-1)43-47-44(30-17-5-2-6-18-30)49-45(48-43)50-37-24-12-8-20-32(37)42-38(50)28-27-36-41(42)31-19-7-9-21-33(31)46(36)34-22-10-13-25-39(34)51-40-26-14-11-23-35(40)46/h1-28H. The Balaban J connectivity index is 1.27. The zero-order chi connectivity index (χ0) is 33.5. The van der Waals surface area contributed by atoms with Gasteiger partial charge < -0.3 is 0 Å². The van der Waals surface area contributed by atoms with Crippen molar-refractivity contribution in [1.29, 1.82) is 0 Å². The molecule has 0 saturated heterocycles. The maximum absolute atomic E-state index is 5.19. The van der Waals surface area contributed by atoms with E-state index < -0.39 is 5.41 Å². The quantitative estimate of drug-likeness (QED) is 0.188. The van der Waals surface area contributed by atoms with Gasteiger partial charge in [0.1, 0.15) is 0 Å². The molecule has 0 amide bonds. The van der Waals surface area contributed by atoms with Gasteiger partial charge in [-0.05, 0) is 57.6 Å². The van der Waals surface area contributed by atoms with Crippen LogP contribution in [0.25, 0.3) is 61.7 Å². The third-order valence-electron chi connectivity index (χ3n) is 10.5. The molecule has 0 atom stereocenters. The second-order valence-corrected chi connectivity index (χ2v) is 14.2. The molecule has 1 spiro atoms. The van der Waals surface area contributed by atoms with Crippen LogP contribution in [0, 0.1) is 0 Å². The molecule has 1 aliphatic heterocycles. The van der Waals surface area contributed by atoms with Crippen molar-refractivity contribution in [2.45, 2.75) is 15.2 Å². The van der Waals surface area contributed by atoms with Crippen molar-refractivity contribution in [2.24, 2.45) is 0 Å². The predicted molar refractivity (Wildman–Crippen MR) is 206 cm³/mol. The minimum atomic E-state index is -0.449. The number of nitrogens with zero attached hydrogens (tertiary/aromatic N) is 4. The van der Waals surface area contributed by atoms with Gasteiger partial charge in [-0.1, -0.05) is 157 Å². The molecule has 4 nitrogen and oxygen atoms in total. The fourth-order valence-electron chi connectivity index (χ4n) is 8.51. The zero-order valence-electron chi connectivity index (χ0n) is 27.4. The van der Waals surface area contributed by atoms with Crippen LogP contribution in [-0.2, 0) is 5.41 Å². The molecule has 2 aliphatic rings. The number of para-hydroxylation sites is 1. The van der Waals surface area contributed by atoms with Gasteiger partial charge in [0.15, 0.2) is 11.6 Å². The molecular weight excluding hydrogens is 641 g/mol.